The van der Waals surface area contributed by atoms with Gasteiger partial charge in [0.25, 0.3) is 0 Å². The molecule has 196 valence electrons. The minimum Gasteiger partial charge on any atom is -0.449 e. The maximum Gasteiger partial charge on any atom is 0.410 e. The van der Waals surface area contributed by atoms with Gasteiger partial charge in [-0.15, -0.1) is 0 Å². The average Bonchev–Trinajstić information content (AvgIpc) is 3.12. The highest BCUT2D eigenvalue weighted by Crippen LogP contribution is 2.35. The van der Waals surface area contributed by atoms with Crippen LogP contribution in [0, 0.1) is 0 Å². The van der Waals surface area contributed by atoms with Gasteiger partial charge in [-0.25, -0.2) is 22.9 Å². The lowest BCUT2D eigenvalue weighted by Crippen LogP contribution is -2.50. The second kappa shape index (κ2) is 11.0. The summed E-state index contributed by atoms with van der Waals surface area (Å²) in [7, 11) is -1.48. The number of aliphatic hydroxyl groups is 1. The Hall–Kier alpha value is -1.95. The highest BCUT2D eigenvalue weighted by Gasteiger charge is 2.44. The van der Waals surface area contributed by atoms with Gasteiger partial charge in [-0.05, 0) is 63.1 Å². The fraction of sp³-hybridized carbons (Fsp3) is 0.750. The van der Waals surface area contributed by atoms with Crippen molar-refractivity contribution in [3.05, 3.63) is 23.4 Å². The predicted octanol–water partition coefficient (Wildman–Crippen LogP) is 1.97. The number of nitrogens with zero attached hydrogens (tertiary/aromatic N) is 3. The van der Waals surface area contributed by atoms with E-state index in [2.05, 4.69) is 4.72 Å². The van der Waals surface area contributed by atoms with Gasteiger partial charge >= 0.3 is 6.09 Å². The number of amides is 1. The summed E-state index contributed by atoms with van der Waals surface area (Å²) in [6, 6.07) is 2.90. The van der Waals surface area contributed by atoms with Crippen molar-refractivity contribution in [2.75, 3.05) is 38.0 Å². The van der Waals surface area contributed by atoms with E-state index in [1.165, 1.54) is 0 Å². The molecule has 1 aromatic rings. The SMILES string of the molecule is C[C@@H]1C[C@H](NS(C)(=O)=O)C2COC3CCC(CC3)c3cc(CO)cc(n3)N(C)CCCOC(=O)N21. The van der Waals surface area contributed by atoms with Crippen molar-refractivity contribution in [2.24, 2.45) is 0 Å². The number of anilines is 1. The third kappa shape index (κ3) is 6.44. The molecule has 3 aliphatic heterocycles. The predicted molar refractivity (Wildman–Crippen MR) is 132 cm³/mol. The Kier molecular flexibility index (Phi) is 8.19. The molecule has 2 N–H and O–H groups in total. The van der Waals surface area contributed by atoms with Crippen molar-refractivity contribution in [2.45, 2.75) is 82.2 Å². The molecule has 1 unspecified atom stereocenters. The van der Waals surface area contributed by atoms with Gasteiger partial charge in [-0.3, -0.25) is 4.90 Å². The number of ether oxygens (including phenoxy) is 2. The Morgan fingerprint density at radius 3 is 2.66 bits per heavy atom. The molecular weight excluding hydrogens is 472 g/mol. The summed E-state index contributed by atoms with van der Waals surface area (Å²) in [6.45, 7) is 3.01. The fourth-order valence-corrected chi connectivity index (χ4v) is 6.38. The van der Waals surface area contributed by atoms with E-state index in [0.29, 0.717) is 25.3 Å². The number of aromatic nitrogens is 1. The van der Waals surface area contributed by atoms with Crippen LogP contribution in [0.25, 0.3) is 0 Å². The molecule has 1 saturated heterocycles. The highest BCUT2D eigenvalue weighted by molar-refractivity contribution is 7.88. The molecule has 1 amide bonds. The van der Waals surface area contributed by atoms with Crippen LogP contribution in [-0.4, -0.2) is 86.8 Å². The monoisotopic (exact) mass is 510 g/mol. The second-order valence-corrected chi connectivity index (χ2v) is 11.9. The summed E-state index contributed by atoms with van der Waals surface area (Å²) in [5.41, 5.74) is 1.85. The first kappa shape index (κ1) is 26.1. The highest BCUT2D eigenvalue weighted by atomic mass is 32.2. The average molecular weight is 511 g/mol. The number of hydrogen-bond donors (Lipinski definition) is 2. The van der Waals surface area contributed by atoms with Gasteiger partial charge in [-0.2, -0.15) is 0 Å². The van der Waals surface area contributed by atoms with Crippen LogP contribution in [0.3, 0.4) is 0 Å². The van der Waals surface area contributed by atoms with Crippen LogP contribution in [-0.2, 0) is 26.1 Å². The Labute approximate surface area is 208 Å². The second-order valence-electron chi connectivity index (χ2n) is 10.2. The molecular formula is C24H38N4O6S. The van der Waals surface area contributed by atoms with Crippen LogP contribution in [0.4, 0.5) is 10.6 Å². The molecule has 1 saturated carbocycles. The van der Waals surface area contributed by atoms with Crippen molar-refractivity contribution in [1.82, 2.24) is 14.6 Å². The lowest BCUT2D eigenvalue weighted by molar-refractivity contribution is -0.0105. The summed E-state index contributed by atoms with van der Waals surface area (Å²) in [6.07, 6.45) is 5.43. The Morgan fingerprint density at radius 2 is 1.97 bits per heavy atom. The minimum atomic E-state index is -3.44. The van der Waals surface area contributed by atoms with Gasteiger partial charge in [0, 0.05) is 37.3 Å². The molecule has 0 aromatic carbocycles. The molecule has 5 rings (SSSR count). The van der Waals surface area contributed by atoms with E-state index < -0.39 is 28.2 Å². The summed E-state index contributed by atoms with van der Waals surface area (Å²) in [5, 5.41) is 9.78. The zero-order valence-electron chi connectivity index (χ0n) is 20.9. The van der Waals surface area contributed by atoms with Crippen LogP contribution in [0.5, 0.6) is 0 Å². The number of carbonyl (C=O) groups is 1. The summed E-state index contributed by atoms with van der Waals surface area (Å²) in [4.78, 5) is 21.6. The zero-order chi connectivity index (χ0) is 25.2. The van der Waals surface area contributed by atoms with Gasteiger partial charge in [-0.1, -0.05) is 0 Å². The van der Waals surface area contributed by atoms with E-state index in [1.807, 2.05) is 31.0 Å². The maximum absolute atomic E-state index is 13.0. The maximum atomic E-state index is 13.0. The smallest absolute Gasteiger partial charge is 0.410 e. The van der Waals surface area contributed by atoms with E-state index in [0.717, 1.165) is 49.0 Å². The lowest BCUT2D eigenvalue weighted by Gasteiger charge is -2.33. The topological polar surface area (TPSA) is 121 Å². The van der Waals surface area contributed by atoms with Crippen molar-refractivity contribution in [3.8, 4) is 0 Å². The fourth-order valence-electron chi connectivity index (χ4n) is 5.57. The summed E-state index contributed by atoms with van der Waals surface area (Å²) < 4.78 is 38.5. The lowest BCUT2D eigenvalue weighted by atomic mass is 9.84. The van der Waals surface area contributed by atoms with Gasteiger partial charge in [0.05, 0.1) is 38.2 Å². The number of nitrogens with one attached hydrogen (secondary N) is 1. The number of rotatable bonds is 3. The third-order valence-corrected chi connectivity index (χ3v) is 8.12. The van der Waals surface area contributed by atoms with E-state index in [9.17, 15) is 18.3 Å². The molecule has 2 fully saturated rings. The molecule has 4 heterocycles. The number of carbonyl (C=O) groups excluding carboxylic acids is 1. The first-order valence-electron chi connectivity index (χ1n) is 12.5. The Morgan fingerprint density at radius 1 is 1.23 bits per heavy atom. The Balaban J connectivity index is 1.56. The van der Waals surface area contributed by atoms with E-state index in [-0.39, 0.29) is 32.0 Å². The van der Waals surface area contributed by atoms with E-state index >= 15 is 0 Å². The third-order valence-electron chi connectivity index (χ3n) is 7.39. The van der Waals surface area contributed by atoms with Crippen LogP contribution in [0.2, 0.25) is 0 Å². The van der Waals surface area contributed by atoms with Crippen LogP contribution < -0.4 is 9.62 Å². The number of pyridine rings is 1. The van der Waals surface area contributed by atoms with Crippen molar-refractivity contribution in [3.63, 3.8) is 0 Å². The zero-order valence-corrected chi connectivity index (χ0v) is 21.7. The molecule has 4 bridgehead atoms. The Bertz CT molecular complexity index is 998. The first-order valence-corrected chi connectivity index (χ1v) is 14.4. The number of aliphatic hydroxyl groups excluding tert-OH is 1. The molecule has 35 heavy (non-hydrogen) atoms. The van der Waals surface area contributed by atoms with Gasteiger partial charge in [0.1, 0.15) is 5.82 Å². The van der Waals surface area contributed by atoms with Crippen LogP contribution >= 0.6 is 0 Å². The van der Waals surface area contributed by atoms with Crippen LogP contribution in [0.15, 0.2) is 12.1 Å². The molecule has 10 nitrogen and oxygen atoms in total. The normalized spacial score (nSPS) is 30.6. The van der Waals surface area contributed by atoms with Gasteiger partial charge in [0.2, 0.25) is 10.0 Å². The molecule has 4 aliphatic rings. The van der Waals surface area contributed by atoms with Crippen molar-refractivity contribution >= 4 is 21.9 Å². The molecule has 0 radical (unpaired) electrons. The largest absolute Gasteiger partial charge is 0.449 e. The van der Waals surface area contributed by atoms with E-state index in [1.54, 1.807) is 4.90 Å². The number of fused-ring (bicyclic) bond motifs is 8. The van der Waals surface area contributed by atoms with Crippen molar-refractivity contribution in [1.29, 1.82) is 0 Å². The first-order chi connectivity index (χ1) is 16.6. The summed E-state index contributed by atoms with van der Waals surface area (Å²) >= 11 is 0. The van der Waals surface area contributed by atoms with Crippen LogP contribution in [0.1, 0.15) is 62.6 Å². The molecule has 0 spiro atoms. The molecule has 1 aromatic heterocycles. The molecule has 11 heteroatoms. The molecule has 3 atom stereocenters. The number of sulfonamides is 1. The van der Waals surface area contributed by atoms with E-state index in [4.69, 9.17) is 14.5 Å². The quantitative estimate of drug-likeness (QED) is 0.633. The molecule has 1 aliphatic carbocycles. The van der Waals surface area contributed by atoms with Crippen molar-refractivity contribution < 1.29 is 27.8 Å². The summed E-state index contributed by atoms with van der Waals surface area (Å²) in [5.74, 6) is 1.11. The van der Waals surface area contributed by atoms with Gasteiger partial charge in [0.15, 0.2) is 0 Å². The van der Waals surface area contributed by atoms with Gasteiger partial charge < -0.3 is 19.5 Å². The number of hydrogen-bond acceptors (Lipinski definition) is 8. The standard InChI is InChI=1S/C24H38N4O6S/c1-16-11-21(26-35(3,31)32)22-15-34-19-7-5-18(6-8-19)20-12-17(14-29)13-23(25-20)27(2)9-4-10-33-24(30)28(16)22/h12-13,16,18-19,21-22,26,29H,4-11,14-15H2,1-3H3/t16-,18?,19?,21+,22?/m1/s1. The minimum absolute atomic E-state index is 0.0372.